The molecule has 0 spiro atoms. The maximum Gasteiger partial charge on any atom is 0.339 e. The molecule has 1 heterocycles. The van der Waals surface area contributed by atoms with Crippen molar-refractivity contribution in [3.05, 3.63) is 28.8 Å². The van der Waals surface area contributed by atoms with Gasteiger partial charge in [-0.05, 0) is 30.9 Å². The van der Waals surface area contributed by atoms with E-state index in [-0.39, 0.29) is 22.4 Å². The van der Waals surface area contributed by atoms with Crippen LogP contribution in [-0.4, -0.2) is 30.1 Å². The van der Waals surface area contributed by atoms with E-state index in [0.717, 1.165) is 12.8 Å². The fourth-order valence-electron chi connectivity index (χ4n) is 2.65. The van der Waals surface area contributed by atoms with Gasteiger partial charge in [0.05, 0.1) is 10.7 Å². The van der Waals surface area contributed by atoms with E-state index in [0.29, 0.717) is 25.2 Å². The van der Waals surface area contributed by atoms with E-state index in [1.165, 1.54) is 0 Å². The van der Waals surface area contributed by atoms with Gasteiger partial charge >= 0.3 is 5.97 Å². The first-order valence-corrected chi connectivity index (χ1v) is 6.92. The van der Waals surface area contributed by atoms with Gasteiger partial charge in [0.1, 0.15) is 5.56 Å². The predicted molar refractivity (Wildman–Crippen MR) is 77.2 cm³/mol. The highest BCUT2D eigenvalue weighted by atomic mass is 35.5. The number of primary amides is 1. The van der Waals surface area contributed by atoms with Crippen molar-refractivity contribution in [2.24, 2.45) is 11.7 Å². The van der Waals surface area contributed by atoms with E-state index in [9.17, 15) is 14.7 Å². The molecular formula is C14H17ClN2O3. The topological polar surface area (TPSA) is 83.6 Å². The number of nitrogens with zero attached hydrogens (tertiary/aromatic N) is 1. The Labute approximate surface area is 122 Å². The van der Waals surface area contributed by atoms with Gasteiger partial charge in [0.2, 0.25) is 5.91 Å². The standard InChI is InChI=1S/C14H17ClN2O3/c15-10-2-1-3-11(13(10)14(19)20)17-6-4-9(5-7-17)8-12(16)18/h1-3,9H,4-8H2,(H2,16,18)(H,19,20). The second-order valence-electron chi connectivity index (χ2n) is 5.04. The average molecular weight is 297 g/mol. The molecule has 0 radical (unpaired) electrons. The number of benzene rings is 1. The number of carbonyl (C=O) groups excluding carboxylic acids is 1. The zero-order valence-corrected chi connectivity index (χ0v) is 11.8. The Morgan fingerprint density at radius 2 is 2.00 bits per heavy atom. The summed E-state index contributed by atoms with van der Waals surface area (Å²) in [5, 5.41) is 9.52. The molecule has 0 aliphatic carbocycles. The molecule has 3 N–H and O–H groups in total. The van der Waals surface area contributed by atoms with E-state index in [1.54, 1.807) is 18.2 Å². The second-order valence-corrected chi connectivity index (χ2v) is 5.45. The molecule has 108 valence electrons. The number of hydrogen-bond donors (Lipinski definition) is 2. The fraction of sp³-hybridized carbons (Fsp3) is 0.429. The van der Waals surface area contributed by atoms with Crippen LogP contribution >= 0.6 is 11.6 Å². The van der Waals surface area contributed by atoms with Crippen LogP contribution in [0.3, 0.4) is 0 Å². The van der Waals surface area contributed by atoms with Crippen molar-refractivity contribution < 1.29 is 14.7 Å². The van der Waals surface area contributed by atoms with Gasteiger partial charge in [0, 0.05) is 19.5 Å². The number of halogens is 1. The van der Waals surface area contributed by atoms with Gasteiger partial charge in [-0.2, -0.15) is 0 Å². The van der Waals surface area contributed by atoms with Crippen LogP contribution in [0.25, 0.3) is 0 Å². The summed E-state index contributed by atoms with van der Waals surface area (Å²) in [5.74, 6) is -1.02. The molecule has 1 saturated heterocycles. The Kier molecular flexibility index (Phi) is 4.49. The van der Waals surface area contributed by atoms with Crippen molar-refractivity contribution >= 4 is 29.2 Å². The first-order valence-electron chi connectivity index (χ1n) is 6.54. The summed E-state index contributed by atoms with van der Waals surface area (Å²) in [4.78, 5) is 24.3. The molecule has 1 fully saturated rings. The Hall–Kier alpha value is -1.75. The van der Waals surface area contributed by atoms with Gasteiger partial charge in [-0.15, -0.1) is 0 Å². The van der Waals surface area contributed by atoms with E-state index in [1.807, 2.05) is 4.90 Å². The highest BCUT2D eigenvalue weighted by Gasteiger charge is 2.24. The van der Waals surface area contributed by atoms with Crippen LogP contribution in [0.2, 0.25) is 5.02 Å². The molecule has 1 aromatic carbocycles. The number of piperidine rings is 1. The normalized spacial score (nSPS) is 16.1. The van der Waals surface area contributed by atoms with Gasteiger partial charge in [-0.1, -0.05) is 17.7 Å². The van der Waals surface area contributed by atoms with Crippen LogP contribution in [0.5, 0.6) is 0 Å². The number of anilines is 1. The second kappa shape index (κ2) is 6.13. The molecule has 5 nitrogen and oxygen atoms in total. The third-order valence-electron chi connectivity index (χ3n) is 3.65. The Balaban J connectivity index is 2.13. The third kappa shape index (κ3) is 3.22. The number of rotatable bonds is 4. The molecule has 1 aromatic rings. The number of nitrogens with two attached hydrogens (primary N) is 1. The van der Waals surface area contributed by atoms with Gasteiger partial charge in [-0.3, -0.25) is 4.79 Å². The number of hydrogen-bond acceptors (Lipinski definition) is 3. The maximum absolute atomic E-state index is 11.3. The quantitative estimate of drug-likeness (QED) is 0.891. The molecule has 0 bridgehead atoms. The first-order chi connectivity index (χ1) is 9.49. The number of aromatic carboxylic acids is 1. The molecule has 0 atom stereocenters. The van der Waals surface area contributed by atoms with Crippen LogP contribution in [0.4, 0.5) is 5.69 Å². The molecule has 0 saturated carbocycles. The Bertz CT molecular complexity index is 525. The lowest BCUT2D eigenvalue weighted by Crippen LogP contribution is -2.36. The van der Waals surface area contributed by atoms with Crippen LogP contribution in [-0.2, 0) is 4.79 Å². The summed E-state index contributed by atoms with van der Waals surface area (Å²) < 4.78 is 0. The lowest BCUT2D eigenvalue weighted by Gasteiger charge is -2.34. The molecule has 0 aromatic heterocycles. The summed E-state index contributed by atoms with van der Waals surface area (Å²) in [5.41, 5.74) is 5.99. The summed E-state index contributed by atoms with van der Waals surface area (Å²) >= 11 is 5.97. The highest BCUT2D eigenvalue weighted by Crippen LogP contribution is 2.31. The van der Waals surface area contributed by atoms with Gasteiger partial charge in [-0.25, -0.2) is 4.79 Å². The fourth-order valence-corrected chi connectivity index (χ4v) is 2.90. The van der Waals surface area contributed by atoms with Crippen LogP contribution in [0.1, 0.15) is 29.6 Å². The third-order valence-corrected chi connectivity index (χ3v) is 3.97. The lowest BCUT2D eigenvalue weighted by atomic mass is 9.92. The van der Waals surface area contributed by atoms with E-state index >= 15 is 0 Å². The van der Waals surface area contributed by atoms with Crippen molar-refractivity contribution in [1.29, 1.82) is 0 Å². The summed E-state index contributed by atoms with van der Waals surface area (Å²) in [6, 6.07) is 5.09. The number of carboxylic acids is 1. The van der Waals surface area contributed by atoms with Gasteiger partial charge in [0.25, 0.3) is 0 Å². The van der Waals surface area contributed by atoms with Crippen molar-refractivity contribution in [2.45, 2.75) is 19.3 Å². The molecule has 1 aliphatic rings. The first kappa shape index (κ1) is 14.7. The molecule has 6 heteroatoms. The van der Waals surface area contributed by atoms with Crippen molar-refractivity contribution in [1.82, 2.24) is 0 Å². The molecular weight excluding hydrogens is 280 g/mol. The number of amides is 1. The highest BCUT2D eigenvalue weighted by molar-refractivity contribution is 6.34. The average Bonchev–Trinajstić information content (AvgIpc) is 2.38. The molecule has 20 heavy (non-hydrogen) atoms. The minimum atomic E-state index is -1.02. The number of carbonyl (C=O) groups is 2. The smallest absolute Gasteiger partial charge is 0.339 e. The Morgan fingerprint density at radius 3 is 2.55 bits per heavy atom. The number of carboxylic acid groups (broad SMARTS) is 1. The molecule has 1 amide bonds. The largest absolute Gasteiger partial charge is 0.478 e. The van der Waals surface area contributed by atoms with Crippen molar-refractivity contribution in [3.8, 4) is 0 Å². The Morgan fingerprint density at radius 1 is 1.35 bits per heavy atom. The maximum atomic E-state index is 11.3. The summed E-state index contributed by atoms with van der Waals surface area (Å²) in [7, 11) is 0. The van der Waals surface area contributed by atoms with E-state index in [4.69, 9.17) is 17.3 Å². The molecule has 0 unspecified atom stereocenters. The van der Waals surface area contributed by atoms with E-state index < -0.39 is 5.97 Å². The SMILES string of the molecule is NC(=O)CC1CCN(c2cccc(Cl)c2C(=O)O)CC1. The van der Waals surface area contributed by atoms with Crippen LogP contribution in [0.15, 0.2) is 18.2 Å². The summed E-state index contributed by atoms with van der Waals surface area (Å²) in [6.45, 7) is 1.41. The van der Waals surface area contributed by atoms with Crippen molar-refractivity contribution in [2.75, 3.05) is 18.0 Å². The van der Waals surface area contributed by atoms with Gasteiger partial charge < -0.3 is 15.7 Å². The van der Waals surface area contributed by atoms with Crippen molar-refractivity contribution in [3.63, 3.8) is 0 Å². The zero-order valence-electron chi connectivity index (χ0n) is 11.0. The minimum Gasteiger partial charge on any atom is -0.478 e. The lowest BCUT2D eigenvalue weighted by molar-refractivity contribution is -0.119. The minimum absolute atomic E-state index is 0.141. The van der Waals surface area contributed by atoms with E-state index in [2.05, 4.69) is 0 Å². The summed E-state index contributed by atoms with van der Waals surface area (Å²) in [6.07, 6.45) is 2.05. The van der Waals surface area contributed by atoms with Crippen LogP contribution in [0, 0.1) is 5.92 Å². The predicted octanol–water partition coefficient (Wildman–Crippen LogP) is 2.13. The van der Waals surface area contributed by atoms with Crippen LogP contribution < -0.4 is 10.6 Å². The zero-order chi connectivity index (χ0) is 14.7. The van der Waals surface area contributed by atoms with Gasteiger partial charge in [0.15, 0.2) is 0 Å². The molecule has 1 aliphatic heterocycles. The monoisotopic (exact) mass is 296 g/mol. The molecule has 2 rings (SSSR count).